The normalized spacial score (nSPS) is 14.6. The number of carbonyl (C=O) groups excluding carboxylic acids is 1. The maximum absolute atomic E-state index is 13.0. The molecule has 2 atom stereocenters. The van der Waals surface area contributed by atoms with Crippen molar-refractivity contribution in [3.63, 3.8) is 0 Å². The molecule has 142 valence electrons. The first kappa shape index (κ1) is 21.5. The number of amides is 1. The fourth-order valence-corrected chi connectivity index (χ4v) is 3.72. The molecule has 1 rings (SSSR count). The summed E-state index contributed by atoms with van der Waals surface area (Å²) in [7, 11) is -3.97. The van der Waals surface area contributed by atoms with Gasteiger partial charge in [-0.3, -0.25) is 4.79 Å². The third-order valence-electron chi connectivity index (χ3n) is 3.68. The Hall–Kier alpha value is -1.51. The number of aliphatic hydroxyl groups is 1. The van der Waals surface area contributed by atoms with Crippen LogP contribution in [-0.2, 0) is 14.8 Å². The Kier molecular flexibility index (Phi) is 7.98. The van der Waals surface area contributed by atoms with E-state index in [9.17, 15) is 22.7 Å². The summed E-state index contributed by atoms with van der Waals surface area (Å²) in [5, 5.41) is 12.1. The van der Waals surface area contributed by atoms with Gasteiger partial charge in [-0.1, -0.05) is 27.7 Å². The zero-order valence-corrected chi connectivity index (χ0v) is 15.8. The Morgan fingerprint density at radius 2 is 1.72 bits per heavy atom. The van der Waals surface area contributed by atoms with Crippen molar-refractivity contribution >= 4 is 15.9 Å². The summed E-state index contributed by atoms with van der Waals surface area (Å²) >= 11 is 0. The summed E-state index contributed by atoms with van der Waals surface area (Å²) in [5.74, 6) is -1.09. The summed E-state index contributed by atoms with van der Waals surface area (Å²) in [6.45, 7) is 7.14. The van der Waals surface area contributed by atoms with E-state index in [0.717, 1.165) is 24.3 Å². The summed E-state index contributed by atoms with van der Waals surface area (Å²) in [5.41, 5.74) is 0. The van der Waals surface area contributed by atoms with Gasteiger partial charge in [0.05, 0.1) is 17.5 Å². The first-order valence-corrected chi connectivity index (χ1v) is 9.74. The Labute approximate surface area is 148 Å². The highest BCUT2D eigenvalue weighted by molar-refractivity contribution is 7.89. The fraction of sp³-hybridized carbons (Fsp3) is 0.588. The third kappa shape index (κ3) is 6.72. The molecule has 8 heteroatoms. The zero-order valence-electron chi connectivity index (χ0n) is 15.0. The summed E-state index contributed by atoms with van der Waals surface area (Å²) in [6.07, 6.45) is 0.581. The second-order valence-electron chi connectivity index (χ2n) is 6.81. The van der Waals surface area contributed by atoms with Crippen LogP contribution in [0.5, 0.6) is 0 Å². The second-order valence-corrected chi connectivity index (χ2v) is 8.53. The fourth-order valence-electron chi connectivity index (χ4n) is 2.38. The Morgan fingerprint density at radius 1 is 1.16 bits per heavy atom. The predicted molar refractivity (Wildman–Crippen MR) is 93.8 cm³/mol. The lowest BCUT2D eigenvalue weighted by Crippen LogP contribution is -2.52. The number of hydrogen-bond donors (Lipinski definition) is 3. The maximum Gasteiger partial charge on any atom is 0.241 e. The van der Waals surface area contributed by atoms with E-state index in [4.69, 9.17) is 0 Å². The highest BCUT2D eigenvalue weighted by atomic mass is 32.2. The third-order valence-corrected chi connectivity index (χ3v) is 5.13. The Balaban J connectivity index is 2.92. The molecule has 6 nitrogen and oxygen atoms in total. The molecule has 0 aliphatic carbocycles. The van der Waals surface area contributed by atoms with Crippen LogP contribution < -0.4 is 10.0 Å². The van der Waals surface area contributed by atoms with Gasteiger partial charge in [0.15, 0.2) is 0 Å². The van der Waals surface area contributed by atoms with Crippen LogP contribution in [0.2, 0.25) is 0 Å². The minimum absolute atomic E-state index is 0.117. The average Bonchev–Trinajstić information content (AvgIpc) is 2.51. The van der Waals surface area contributed by atoms with Gasteiger partial charge in [0.2, 0.25) is 15.9 Å². The number of halogens is 1. The molecule has 25 heavy (non-hydrogen) atoms. The smallest absolute Gasteiger partial charge is 0.241 e. The van der Waals surface area contributed by atoms with Crippen LogP contribution in [0.15, 0.2) is 29.2 Å². The lowest BCUT2D eigenvalue weighted by atomic mass is 10.0. The van der Waals surface area contributed by atoms with Crippen molar-refractivity contribution in [1.82, 2.24) is 10.0 Å². The van der Waals surface area contributed by atoms with Crippen molar-refractivity contribution in [1.29, 1.82) is 0 Å². The van der Waals surface area contributed by atoms with E-state index in [1.165, 1.54) is 0 Å². The molecule has 0 saturated heterocycles. The molecule has 2 unspecified atom stereocenters. The van der Waals surface area contributed by atoms with Gasteiger partial charge in [-0.05, 0) is 42.5 Å². The standard InChI is InChI=1S/C17H27FN2O4S/c1-11(2)9-14(10-21)19-17(22)16(12(3)4)20-25(23,24)15-7-5-13(18)6-8-15/h5-8,11-12,14,16,20-21H,9-10H2,1-4H3,(H,19,22). The molecule has 0 bridgehead atoms. The van der Waals surface area contributed by atoms with Crippen molar-refractivity contribution in [3.8, 4) is 0 Å². The number of sulfonamides is 1. The quantitative estimate of drug-likeness (QED) is 0.612. The van der Waals surface area contributed by atoms with Gasteiger partial charge in [0.1, 0.15) is 11.9 Å². The molecule has 0 heterocycles. The van der Waals surface area contributed by atoms with Crippen LogP contribution in [0.1, 0.15) is 34.1 Å². The molecular weight excluding hydrogens is 347 g/mol. The molecule has 0 fully saturated rings. The Bertz CT molecular complexity index is 660. The van der Waals surface area contributed by atoms with E-state index in [1.54, 1.807) is 13.8 Å². The molecule has 0 aliphatic heterocycles. The van der Waals surface area contributed by atoms with E-state index < -0.39 is 33.8 Å². The first-order valence-electron chi connectivity index (χ1n) is 8.26. The number of hydrogen-bond acceptors (Lipinski definition) is 4. The van der Waals surface area contributed by atoms with Gasteiger partial charge in [-0.25, -0.2) is 12.8 Å². The van der Waals surface area contributed by atoms with Crippen LogP contribution >= 0.6 is 0 Å². The largest absolute Gasteiger partial charge is 0.394 e. The topological polar surface area (TPSA) is 95.5 Å². The van der Waals surface area contributed by atoms with E-state index >= 15 is 0 Å². The monoisotopic (exact) mass is 374 g/mol. The summed E-state index contributed by atoms with van der Waals surface area (Å²) in [4.78, 5) is 12.4. The van der Waals surface area contributed by atoms with Crippen LogP contribution in [0.4, 0.5) is 4.39 Å². The molecule has 1 aromatic rings. The number of nitrogens with one attached hydrogen (secondary N) is 2. The van der Waals surface area contributed by atoms with E-state index in [2.05, 4.69) is 10.0 Å². The molecule has 3 N–H and O–H groups in total. The van der Waals surface area contributed by atoms with Crippen molar-refractivity contribution in [2.75, 3.05) is 6.61 Å². The number of benzene rings is 1. The molecular formula is C17H27FN2O4S. The minimum Gasteiger partial charge on any atom is -0.394 e. The van der Waals surface area contributed by atoms with Gasteiger partial charge in [0, 0.05) is 0 Å². The molecule has 0 radical (unpaired) electrons. The Morgan fingerprint density at radius 3 is 2.16 bits per heavy atom. The highest BCUT2D eigenvalue weighted by Crippen LogP contribution is 2.13. The maximum atomic E-state index is 13.0. The summed E-state index contributed by atoms with van der Waals surface area (Å²) in [6, 6.07) is 2.93. The first-order chi connectivity index (χ1) is 11.6. The van der Waals surface area contributed by atoms with Crippen LogP contribution in [0.25, 0.3) is 0 Å². The van der Waals surface area contributed by atoms with Crippen molar-refractivity contribution in [3.05, 3.63) is 30.1 Å². The molecule has 0 aromatic heterocycles. The van der Waals surface area contributed by atoms with Crippen molar-refractivity contribution < 1.29 is 22.7 Å². The summed E-state index contributed by atoms with van der Waals surface area (Å²) < 4.78 is 40.2. The highest BCUT2D eigenvalue weighted by Gasteiger charge is 2.29. The van der Waals surface area contributed by atoms with Crippen LogP contribution in [-0.4, -0.2) is 38.1 Å². The zero-order chi connectivity index (χ0) is 19.2. The van der Waals surface area contributed by atoms with Gasteiger partial charge in [0.25, 0.3) is 0 Å². The number of aliphatic hydroxyl groups excluding tert-OH is 1. The van der Waals surface area contributed by atoms with E-state index in [0.29, 0.717) is 6.42 Å². The molecule has 0 aliphatic rings. The van der Waals surface area contributed by atoms with Crippen LogP contribution in [0, 0.1) is 17.7 Å². The van der Waals surface area contributed by atoms with Gasteiger partial charge < -0.3 is 10.4 Å². The van der Waals surface area contributed by atoms with Crippen molar-refractivity contribution in [2.45, 2.75) is 51.1 Å². The number of carbonyl (C=O) groups is 1. The molecule has 0 spiro atoms. The van der Waals surface area contributed by atoms with Gasteiger partial charge in [-0.15, -0.1) is 0 Å². The van der Waals surface area contributed by atoms with Crippen LogP contribution in [0.3, 0.4) is 0 Å². The van der Waals surface area contributed by atoms with E-state index in [-0.39, 0.29) is 23.3 Å². The van der Waals surface area contributed by atoms with Crippen molar-refractivity contribution in [2.24, 2.45) is 11.8 Å². The van der Waals surface area contributed by atoms with Gasteiger partial charge >= 0.3 is 0 Å². The lowest BCUT2D eigenvalue weighted by Gasteiger charge is -2.25. The predicted octanol–water partition coefficient (Wildman–Crippen LogP) is 1.65. The second kappa shape index (κ2) is 9.26. The van der Waals surface area contributed by atoms with Gasteiger partial charge in [-0.2, -0.15) is 4.72 Å². The molecule has 0 saturated carbocycles. The molecule has 1 amide bonds. The average molecular weight is 374 g/mol. The SMILES string of the molecule is CC(C)CC(CO)NC(=O)C(NS(=O)(=O)c1ccc(F)cc1)C(C)C. The number of rotatable bonds is 9. The molecule has 1 aromatic carbocycles. The minimum atomic E-state index is -3.97. The lowest BCUT2D eigenvalue weighted by molar-refractivity contribution is -0.124. The van der Waals surface area contributed by atoms with E-state index in [1.807, 2.05) is 13.8 Å².